The van der Waals surface area contributed by atoms with E-state index in [4.69, 9.17) is 0 Å². The Kier molecular flexibility index (Phi) is 7.01. The summed E-state index contributed by atoms with van der Waals surface area (Å²) in [6.07, 6.45) is 2.32. The van der Waals surface area contributed by atoms with Crippen LogP contribution < -0.4 is 10.2 Å². The second-order valence-corrected chi connectivity index (χ2v) is 6.09. The van der Waals surface area contributed by atoms with E-state index >= 15 is 0 Å². The zero-order valence-electron chi connectivity index (χ0n) is 16.0. The van der Waals surface area contributed by atoms with Gasteiger partial charge in [-0.1, -0.05) is 19.1 Å². The summed E-state index contributed by atoms with van der Waals surface area (Å²) < 4.78 is 0. The first-order chi connectivity index (χ1) is 13.0. The molecule has 0 unspecified atom stereocenters. The number of carbonyl (C=O) groups is 1. The van der Waals surface area contributed by atoms with Gasteiger partial charge >= 0.3 is 0 Å². The third kappa shape index (κ3) is 5.11. The second-order valence-electron chi connectivity index (χ2n) is 6.09. The molecule has 0 bridgehead atoms. The van der Waals surface area contributed by atoms with E-state index in [0.29, 0.717) is 11.3 Å². The average molecular weight is 363 g/mol. The quantitative estimate of drug-likeness (QED) is 0.566. The van der Waals surface area contributed by atoms with Crippen LogP contribution in [-0.4, -0.2) is 24.1 Å². The second kappa shape index (κ2) is 9.44. The molecule has 0 aliphatic rings. The Hall–Kier alpha value is -3.26. The van der Waals surface area contributed by atoms with Gasteiger partial charge in [0.15, 0.2) is 0 Å². The fourth-order valence-corrected chi connectivity index (χ4v) is 2.77. The van der Waals surface area contributed by atoms with Crippen molar-refractivity contribution in [2.45, 2.75) is 27.2 Å². The highest BCUT2D eigenvalue weighted by Gasteiger charge is 2.12. The molecule has 0 fully saturated rings. The smallest absolute Gasteiger partial charge is 0.266 e. The molecule has 0 saturated carbocycles. The first-order valence-corrected chi connectivity index (χ1v) is 9.12. The zero-order chi connectivity index (χ0) is 19.8. The Morgan fingerprint density at radius 2 is 1.81 bits per heavy atom. The molecule has 0 radical (unpaired) electrons. The van der Waals surface area contributed by atoms with Gasteiger partial charge in [0.2, 0.25) is 0 Å². The maximum Gasteiger partial charge on any atom is 0.266 e. The predicted octanol–water partition coefficient (Wildman–Crippen LogP) is 4.35. The minimum absolute atomic E-state index is 0.0345. The number of benzene rings is 2. The minimum atomic E-state index is -0.506. The topological polar surface area (TPSA) is 76.4 Å². The van der Waals surface area contributed by atoms with Gasteiger partial charge in [-0.2, -0.15) is 5.26 Å². The molecule has 27 heavy (non-hydrogen) atoms. The number of amides is 1. The molecule has 0 saturated heterocycles. The molecule has 0 aliphatic heterocycles. The van der Waals surface area contributed by atoms with Gasteiger partial charge in [0.1, 0.15) is 17.4 Å². The van der Waals surface area contributed by atoms with E-state index in [1.54, 1.807) is 12.1 Å². The summed E-state index contributed by atoms with van der Waals surface area (Å²) >= 11 is 0. The molecule has 0 aliphatic carbocycles. The van der Waals surface area contributed by atoms with Crippen molar-refractivity contribution < 1.29 is 9.90 Å². The van der Waals surface area contributed by atoms with Crippen LogP contribution in [0.2, 0.25) is 0 Å². The molecular formula is C22H25N3O2. The van der Waals surface area contributed by atoms with Crippen LogP contribution in [0.15, 0.2) is 48.0 Å². The summed E-state index contributed by atoms with van der Waals surface area (Å²) in [5, 5.41) is 22.4. The number of nitrogens with one attached hydrogen (secondary N) is 1. The fraction of sp³-hybridized carbons (Fsp3) is 0.273. The van der Waals surface area contributed by atoms with Gasteiger partial charge in [-0.3, -0.25) is 4.79 Å². The van der Waals surface area contributed by atoms with Crippen LogP contribution >= 0.6 is 0 Å². The van der Waals surface area contributed by atoms with Gasteiger partial charge < -0.3 is 15.3 Å². The zero-order valence-corrected chi connectivity index (χ0v) is 16.0. The molecular weight excluding hydrogens is 338 g/mol. The lowest BCUT2D eigenvalue weighted by molar-refractivity contribution is -0.112. The van der Waals surface area contributed by atoms with E-state index in [0.717, 1.165) is 25.2 Å². The highest BCUT2D eigenvalue weighted by Crippen LogP contribution is 2.26. The number of aryl methyl sites for hydroxylation is 1. The van der Waals surface area contributed by atoms with E-state index < -0.39 is 5.91 Å². The molecule has 2 rings (SSSR count). The Morgan fingerprint density at radius 3 is 2.33 bits per heavy atom. The van der Waals surface area contributed by atoms with Crippen LogP contribution in [0, 0.1) is 11.3 Å². The summed E-state index contributed by atoms with van der Waals surface area (Å²) in [4.78, 5) is 14.5. The average Bonchev–Trinajstić information content (AvgIpc) is 2.68. The Labute approximate surface area is 160 Å². The fourth-order valence-electron chi connectivity index (χ4n) is 2.77. The summed E-state index contributed by atoms with van der Waals surface area (Å²) in [7, 11) is 0. The maximum atomic E-state index is 12.4. The third-order valence-corrected chi connectivity index (χ3v) is 4.43. The number of hydrogen-bond acceptors (Lipinski definition) is 4. The number of nitrogens with zero attached hydrogens (tertiary/aromatic N) is 2. The van der Waals surface area contributed by atoms with Crippen LogP contribution in [0.3, 0.4) is 0 Å². The molecule has 5 nitrogen and oxygen atoms in total. The minimum Gasteiger partial charge on any atom is -0.507 e. The van der Waals surface area contributed by atoms with Crippen LogP contribution in [0.5, 0.6) is 5.75 Å². The molecule has 5 heteroatoms. The van der Waals surface area contributed by atoms with E-state index in [-0.39, 0.29) is 11.3 Å². The Bertz CT molecular complexity index is 860. The van der Waals surface area contributed by atoms with E-state index in [9.17, 15) is 15.2 Å². The van der Waals surface area contributed by atoms with Crippen LogP contribution in [-0.2, 0) is 11.2 Å². The molecule has 0 aromatic heterocycles. The van der Waals surface area contributed by atoms with Crippen LogP contribution in [0.1, 0.15) is 31.9 Å². The highest BCUT2D eigenvalue weighted by molar-refractivity contribution is 6.09. The van der Waals surface area contributed by atoms with Crippen molar-refractivity contribution in [1.82, 2.24) is 0 Å². The molecule has 2 aromatic carbocycles. The summed E-state index contributed by atoms with van der Waals surface area (Å²) in [6.45, 7) is 7.79. The molecule has 2 N–H and O–H groups in total. The number of hydrogen-bond donors (Lipinski definition) is 2. The molecule has 0 atom stereocenters. The number of anilines is 2. The van der Waals surface area contributed by atoms with Gasteiger partial charge in [-0.25, -0.2) is 0 Å². The van der Waals surface area contributed by atoms with Gasteiger partial charge in [-0.05, 0) is 56.2 Å². The molecule has 0 spiro atoms. The largest absolute Gasteiger partial charge is 0.507 e. The van der Waals surface area contributed by atoms with E-state index in [1.165, 1.54) is 11.6 Å². The van der Waals surface area contributed by atoms with Gasteiger partial charge in [-0.15, -0.1) is 0 Å². The lowest BCUT2D eigenvalue weighted by Gasteiger charge is -2.21. The monoisotopic (exact) mass is 363 g/mol. The predicted molar refractivity (Wildman–Crippen MR) is 110 cm³/mol. The molecule has 2 aromatic rings. The first-order valence-electron chi connectivity index (χ1n) is 9.12. The summed E-state index contributed by atoms with van der Waals surface area (Å²) in [5.74, 6) is -0.471. The van der Waals surface area contributed by atoms with Crippen LogP contribution in [0.4, 0.5) is 11.4 Å². The number of phenols is 1. The van der Waals surface area contributed by atoms with Crippen LogP contribution in [0.25, 0.3) is 6.08 Å². The number of aromatic hydroxyl groups is 1. The molecule has 140 valence electrons. The van der Waals surface area contributed by atoms with Crippen molar-refractivity contribution >= 4 is 23.4 Å². The lowest BCUT2D eigenvalue weighted by Crippen LogP contribution is -2.21. The summed E-state index contributed by atoms with van der Waals surface area (Å²) in [5.41, 5.74) is 3.05. The Balaban J connectivity index is 2.21. The summed E-state index contributed by atoms with van der Waals surface area (Å²) in [6, 6.07) is 14.6. The number of carbonyl (C=O) groups excluding carboxylic acids is 1. The Morgan fingerprint density at radius 1 is 1.15 bits per heavy atom. The SMILES string of the molecule is CCc1ccc(NC(=O)/C(C#N)=C/c2ccc(N(CC)CC)cc2O)cc1. The van der Waals surface area contributed by atoms with Crippen molar-refractivity contribution in [3.05, 3.63) is 59.2 Å². The van der Waals surface area contributed by atoms with Crippen molar-refractivity contribution in [1.29, 1.82) is 5.26 Å². The van der Waals surface area contributed by atoms with Crippen molar-refractivity contribution in [3.63, 3.8) is 0 Å². The maximum absolute atomic E-state index is 12.4. The normalized spacial score (nSPS) is 11.0. The van der Waals surface area contributed by atoms with Gasteiger partial charge in [0, 0.05) is 36.1 Å². The molecule has 0 heterocycles. The lowest BCUT2D eigenvalue weighted by atomic mass is 10.1. The highest BCUT2D eigenvalue weighted by atomic mass is 16.3. The molecule has 1 amide bonds. The standard InChI is InChI=1S/C22H25N3O2/c1-4-16-7-10-19(11-8-16)24-22(27)18(15-23)13-17-9-12-20(14-21(17)26)25(5-2)6-3/h7-14,26H,4-6H2,1-3H3,(H,24,27)/b18-13+. The van der Waals surface area contributed by atoms with Crippen molar-refractivity contribution in [3.8, 4) is 11.8 Å². The third-order valence-electron chi connectivity index (χ3n) is 4.43. The van der Waals surface area contributed by atoms with Gasteiger partial charge in [0.05, 0.1) is 0 Å². The van der Waals surface area contributed by atoms with Crippen molar-refractivity contribution in [2.24, 2.45) is 0 Å². The van der Waals surface area contributed by atoms with E-state index in [2.05, 4.69) is 17.1 Å². The van der Waals surface area contributed by atoms with Gasteiger partial charge in [0.25, 0.3) is 5.91 Å². The first kappa shape index (κ1) is 20.1. The number of rotatable bonds is 7. The van der Waals surface area contributed by atoms with E-state index in [1.807, 2.05) is 50.2 Å². The number of phenolic OH excluding ortho intramolecular Hbond substituents is 1. The number of nitriles is 1. The van der Waals surface area contributed by atoms with Crippen molar-refractivity contribution in [2.75, 3.05) is 23.3 Å².